The minimum absolute atomic E-state index is 0.0961. The molecule has 1 fully saturated rings. The number of amides is 3. The lowest BCUT2D eigenvalue weighted by atomic mass is 10.2. The largest absolute Gasteiger partial charge is 0.396 e. The molecule has 6 nitrogen and oxygen atoms in total. The van der Waals surface area contributed by atoms with Crippen molar-refractivity contribution in [2.45, 2.75) is 18.9 Å². The van der Waals surface area contributed by atoms with Gasteiger partial charge in [0.1, 0.15) is 5.54 Å². The average Bonchev–Trinajstić information content (AvgIpc) is 2.93. The van der Waals surface area contributed by atoms with Crippen LogP contribution in [0.1, 0.15) is 13.3 Å². The van der Waals surface area contributed by atoms with Gasteiger partial charge in [0.25, 0.3) is 0 Å². The van der Waals surface area contributed by atoms with E-state index in [1.165, 1.54) is 7.05 Å². The van der Waals surface area contributed by atoms with E-state index in [4.69, 9.17) is 5.11 Å². The highest BCUT2D eigenvalue weighted by molar-refractivity contribution is 5.94. The van der Waals surface area contributed by atoms with Gasteiger partial charge in [0, 0.05) is 26.1 Å². The molecule has 0 radical (unpaired) electrons. The van der Waals surface area contributed by atoms with Crippen LogP contribution in [0.5, 0.6) is 0 Å². The maximum atomic E-state index is 11.7. The van der Waals surface area contributed by atoms with Crippen molar-refractivity contribution in [2.24, 2.45) is 5.92 Å². The second-order valence-corrected chi connectivity index (χ2v) is 3.62. The van der Waals surface area contributed by atoms with E-state index >= 15 is 0 Å². The van der Waals surface area contributed by atoms with E-state index in [1.54, 1.807) is 0 Å². The van der Waals surface area contributed by atoms with E-state index in [9.17, 15) is 9.59 Å². The molecule has 2 atom stereocenters. The van der Waals surface area contributed by atoms with E-state index in [0.29, 0.717) is 13.0 Å². The zero-order chi connectivity index (χ0) is 11.5. The minimum atomic E-state index is -0.912. The SMILES string of the molecule is CCNC(=O)[C@@]1(NC(=O)NC)C[C@@H]1CO. The highest BCUT2D eigenvalue weighted by Crippen LogP contribution is 2.43. The van der Waals surface area contributed by atoms with Gasteiger partial charge in [0.05, 0.1) is 0 Å². The summed E-state index contributed by atoms with van der Waals surface area (Å²) < 4.78 is 0. The normalized spacial score (nSPS) is 28.1. The number of carbonyl (C=O) groups excluding carboxylic acids is 2. The molecule has 0 heterocycles. The molecule has 1 aliphatic carbocycles. The zero-order valence-electron chi connectivity index (χ0n) is 8.96. The third kappa shape index (κ3) is 2.20. The fourth-order valence-corrected chi connectivity index (χ4v) is 1.62. The fourth-order valence-electron chi connectivity index (χ4n) is 1.62. The van der Waals surface area contributed by atoms with Crippen molar-refractivity contribution in [3.05, 3.63) is 0 Å². The number of likely N-dealkylation sites (N-methyl/N-ethyl adjacent to an activating group) is 1. The fraction of sp³-hybridized carbons (Fsp3) is 0.778. The van der Waals surface area contributed by atoms with Crippen LogP contribution in [0.2, 0.25) is 0 Å². The summed E-state index contributed by atoms with van der Waals surface area (Å²) in [5.41, 5.74) is -0.912. The number of nitrogens with one attached hydrogen (secondary N) is 3. The Hall–Kier alpha value is -1.30. The van der Waals surface area contributed by atoms with E-state index in [0.717, 1.165) is 0 Å². The highest BCUT2D eigenvalue weighted by Gasteiger charge is 2.60. The van der Waals surface area contributed by atoms with Gasteiger partial charge in [-0.3, -0.25) is 4.79 Å². The summed E-state index contributed by atoms with van der Waals surface area (Å²) >= 11 is 0. The van der Waals surface area contributed by atoms with Gasteiger partial charge in [-0.25, -0.2) is 4.79 Å². The molecular formula is C9H17N3O3. The first-order valence-corrected chi connectivity index (χ1v) is 4.99. The summed E-state index contributed by atoms with van der Waals surface area (Å²) in [6.07, 6.45) is 0.489. The Morgan fingerprint density at radius 2 is 2.20 bits per heavy atom. The molecule has 15 heavy (non-hydrogen) atoms. The maximum absolute atomic E-state index is 11.7. The second kappa shape index (κ2) is 4.48. The van der Waals surface area contributed by atoms with Gasteiger partial charge >= 0.3 is 6.03 Å². The molecule has 1 aliphatic rings. The first kappa shape index (κ1) is 11.8. The average molecular weight is 215 g/mol. The van der Waals surface area contributed by atoms with Crippen molar-refractivity contribution in [3.63, 3.8) is 0 Å². The lowest BCUT2D eigenvalue weighted by Gasteiger charge is -2.17. The Bertz CT molecular complexity index is 269. The van der Waals surface area contributed by atoms with Crippen LogP contribution in [-0.4, -0.2) is 42.8 Å². The third-order valence-corrected chi connectivity index (χ3v) is 2.63. The molecule has 0 unspecified atom stereocenters. The molecule has 0 spiro atoms. The smallest absolute Gasteiger partial charge is 0.315 e. The molecule has 86 valence electrons. The lowest BCUT2D eigenvalue weighted by molar-refractivity contribution is -0.124. The van der Waals surface area contributed by atoms with Crippen molar-refractivity contribution in [3.8, 4) is 0 Å². The summed E-state index contributed by atoms with van der Waals surface area (Å²) in [6, 6.07) is -0.405. The Morgan fingerprint density at radius 1 is 1.53 bits per heavy atom. The Kier molecular flexibility index (Phi) is 3.52. The van der Waals surface area contributed by atoms with Crippen molar-refractivity contribution in [1.29, 1.82) is 0 Å². The number of aliphatic hydroxyl groups excluding tert-OH is 1. The Labute approximate surface area is 88.4 Å². The minimum Gasteiger partial charge on any atom is -0.396 e. The topological polar surface area (TPSA) is 90.5 Å². The monoisotopic (exact) mass is 215 g/mol. The summed E-state index contributed by atoms with van der Waals surface area (Å²) in [7, 11) is 1.48. The number of carbonyl (C=O) groups is 2. The quantitative estimate of drug-likeness (QED) is 0.475. The Morgan fingerprint density at radius 3 is 2.60 bits per heavy atom. The maximum Gasteiger partial charge on any atom is 0.315 e. The van der Waals surface area contributed by atoms with Crippen molar-refractivity contribution < 1.29 is 14.7 Å². The molecule has 0 aromatic rings. The molecule has 0 aromatic carbocycles. The molecule has 1 rings (SSSR count). The number of hydrogen-bond acceptors (Lipinski definition) is 3. The molecule has 0 bridgehead atoms. The number of aliphatic hydroxyl groups is 1. The van der Waals surface area contributed by atoms with Gasteiger partial charge in [0.2, 0.25) is 5.91 Å². The van der Waals surface area contributed by atoms with Crippen molar-refractivity contribution in [1.82, 2.24) is 16.0 Å². The van der Waals surface area contributed by atoms with Gasteiger partial charge in [-0.1, -0.05) is 0 Å². The van der Waals surface area contributed by atoms with Gasteiger partial charge in [-0.2, -0.15) is 0 Å². The van der Waals surface area contributed by atoms with Crippen LogP contribution in [0.15, 0.2) is 0 Å². The van der Waals surface area contributed by atoms with Crippen molar-refractivity contribution >= 4 is 11.9 Å². The van der Waals surface area contributed by atoms with Crippen LogP contribution in [-0.2, 0) is 4.79 Å². The number of urea groups is 1. The Balaban J connectivity index is 2.65. The molecule has 1 saturated carbocycles. The van der Waals surface area contributed by atoms with Crippen LogP contribution in [0, 0.1) is 5.92 Å². The molecule has 0 saturated heterocycles. The van der Waals surface area contributed by atoms with Crippen LogP contribution < -0.4 is 16.0 Å². The third-order valence-electron chi connectivity index (χ3n) is 2.63. The zero-order valence-corrected chi connectivity index (χ0v) is 8.96. The van der Waals surface area contributed by atoms with E-state index in [-0.39, 0.29) is 18.4 Å². The van der Waals surface area contributed by atoms with Gasteiger partial charge in [-0.05, 0) is 13.3 Å². The summed E-state index contributed by atoms with van der Waals surface area (Å²) in [5.74, 6) is -0.408. The molecule has 0 aromatic heterocycles. The van der Waals surface area contributed by atoms with Crippen LogP contribution in [0.4, 0.5) is 4.79 Å². The molecule has 4 N–H and O–H groups in total. The van der Waals surface area contributed by atoms with Crippen LogP contribution in [0.25, 0.3) is 0 Å². The molecule has 3 amide bonds. The van der Waals surface area contributed by atoms with Gasteiger partial charge < -0.3 is 21.1 Å². The summed E-state index contributed by atoms with van der Waals surface area (Å²) in [6.45, 7) is 2.22. The summed E-state index contributed by atoms with van der Waals surface area (Å²) in [4.78, 5) is 22.8. The molecule has 0 aliphatic heterocycles. The van der Waals surface area contributed by atoms with E-state index < -0.39 is 11.6 Å². The van der Waals surface area contributed by atoms with Gasteiger partial charge in [0.15, 0.2) is 0 Å². The van der Waals surface area contributed by atoms with Crippen LogP contribution >= 0.6 is 0 Å². The standard InChI is InChI=1S/C9H17N3O3/c1-3-11-7(14)9(4-6(9)5-13)12-8(15)10-2/h6,13H,3-5H2,1-2H3,(H,11,14)(H2,10,12,15)/t6-,9-/m1/s1. The predicted molar refractivity (Wildman–Crippen MR) is 54.2 cm³/mol. The van der Waals surface area contributed by atoms with E-state index in [1.807, 2.05) is 6.92 Å². The van der Waals surface area contributed by atoms with Gasteiger partial charge in [-0.15, -0.1) is 0 Å². The lowest BCUT2D eigenvalue weighted by Crippen LogP contribution is -2.53. The first-order valence-electron chi connectivity index (χ1n) is 4.99. The van der Waals surface area contributed by atoms with Crippen molar-refractivity contribution in [2.75, 3.05) is 20.2 Å². The second-order valence-electron chi connectivity index (χ2n) is 3.62. The number of hydrogen-bond donors (Lipinski definition) is 4. The first-order chi connectivity index (χ1) is 7.10. The van der Waals surface area contributed by atoms with Crippen LogP contribution in [0.3, 0.4) is 0 Å². The molecular weight excluding hydrogens is 198 g/mol. The van der Waals surface area contributed by atoms with E-state index in [2.05, 4.69) is 16.0 Å². The number of rotatable bonds is 4. The predicted octanol–water partition coefficient (Wildman–Crippen LogP) is -1.20. The molecule has 6 heteroatoms. The highest BCUT2D eigenvalue weighted by atomic mass is 16.3. The summed E-state index contributed by atoms with van der Waals surface area (Å²) in [5, 5.41) is 16.6.